The van der Waals surface area contributed by atoms with Crippen LogP contribution in [-0.4, -0.2) is 46.9 Å². The molecule has 0 bridgehead atoms. The number of phenols is 2. The molecule has 2 aromatic heterocycles. The summed E-state index contributed by atoms with van der Waals surface area (Å²) in [6.07, 6.45) is 0. The molecule has 256 valence electrons. The molecule has 0 spiro atoms. The van der Waals surface area contributed by atoms with Crippen molar-refractivity contribution in [1.29, 1.82) is 0 Å². The highest BCUT2D eigenvalue weighted by Crippen LogP contribution is 2.35. The zero-order valence-corrected chi connectivity index (χ0v) is 28.1. The molecule has 10 nitrogen and oxygen atoms in total. The van der Waals surface area contributed by atoms with Crippen molar-refractivity contribution in [2.24, 2.45) is 0 Å². The van der Waals surface area contributed by atoms with Gasteiger partial charge in [-0.3, -0.25) is 0 Å². The molecular formula is C43H30N6O4. The van der Waals surface area contributed by atoms with Crippen molar-refractivity contribution in [1.82, 2.24) is 29.9 Å². The lowest BCUT2D eigenvalue weighted by Crippen LogP contribution is -2.06. The molecule has 0 radical (unpaired) electrons. The first kappa shape index (κ1) is 32.7. The Labute approximate surface area is 304 Å². The molecule has 0 aliphatic rings. The fourth-order valence-electron chi connectivity index (χ4n) is 5.60. The number of aromatic hydroxyl groups is 2. The molecule has 0 amide bonds. The summed E-state index contributed by atoms with van der Waals surface area (Å²) < 4.78 is 11.6. The standard InChI is InChI=1S/C43H30N6O4/c50-36-25-32(21-23-34(36)42-46-38(28-13-5-1-6-14-28)44-39(47-42)29-15-7-2-8-16-29)52-27-53-33-22-24-35(37(51)26-33)43-48-40(30-17-9-3-10-18-30)45-41(49-43)31-19-11-4-12-20-31/h1-26,50-51H,27H2. The Morgan fingerprint density at radius 1 is 0.340 bits per heavy atom. The van der Waals surface area contributed by atoms with Gasteiger partial charge in [0.15, 0.2) is 34.9 Å². The van der Waals surface area contributed by atoms with Gasteiger partial charge in [0.1, 0.15) is 23.0 Å². The summed E-state index contributed by atoms with van der Waals surface area (Å²) in [7, 11) is 0. The van der Waals surface area contributed by atoms with Crippen LogP contribution < -0.4 is 9.47 Å². The first-order valence-electron chi connectivity index (χ1n) is 16.7. The summed E-state index contributed by atoms with van der Waals surface area (Å²) in [6.45, 7) is -0.193. The average Bonchev–Trinajstić information content (AvgIpc) is 3.22. The highest BCUT2D eigenvalue weighted by Gasteiger charge is 2.17. The third-order valence-electron chi connectivity index (χ3n) is 8.27. The number of hydrogen-bond donors (Lipinski definition) is 2. The van der Waals surface area contributed by atoms with Crippen molar-refractivity contribution in [3.8, 4) is 91.3 Å². The second-order valence-corrected chi connectivity index (χ2v) is 11.8. The van der Waals surface area contributed by atoms with Gasteiger partial charge in [0.05, 0.1) is 11.1 Å². The van der Waals surface area contributed by atoms with Gasteiger partial charge in [-0.25, -0.2) is 29.9 Å². The monoisotopic (exact) mass is 694 g/mol. The van der Waals surface area contributed by atoms with Gasteiger partial charge in [-0.1, -0.05) is 121 Å². The summed E-state index contributed by atoms with van der Waals surface area (Å²) in [4.78, 5) is 28.2. The summed E-state index contributed by atoms with van der Waals surface area (Å²) in [6, 6.07) is 48.2. The van der Waals surface area contributed by atoms with E-state index in [1.54, 1.807) is 24.3 Å². The van der Waals surface area contributed by atoms with Crippen LogP contribution in [0, 0.1) is 0 Å². The first-order chi connectivity index (χ1) is 26.1. The number of phenolic OH excluding ortho intramolecular Hbond substituents is 2. The molecule has 8 aromatic rings. The molecule has 2 N–H and O–H groups in total. The first-order valence-corrected chi connectivity index (χ1v) is 16.7. The van der Waals surface area contributed by atoms with Crippen molar-refractivity contribution >= 4 is 0 Å². The van der Waals surface area contributed by atoms with Crippen molar-refractivity contribution < 1.29 is 19.7 Å². The molecule has 6 aromatic carbocycles. The van der Waals surface area contributed by atoms with Crippen molar-refractivity contribution in [2.45, 2.75) is 0 Å². The summed E-state index contributed by atoms with van der Waals surface area (Å²) >= 11 is 0. The second-order valence-electron chi connectivity index (χ2n) is 11.8. The van der Waals surface area contributed by atoms with E-state index in [4.69, 9.17) is 19.4 Å². The largest absolute Gasteiger partial charge is 0.507 e. The van der Waals surface area contributed by atoms with Crippen molar-refractivity contribution in [3.63, 3.8) is 0 Å². The smallest absolute Gasteiger partial charge is 0.230 e. The Kier molecular flexibility index (Phi) is 9.14. The maximum Gasteiger partial charge on any atom is 0.230 e. The van der Waals surface area contributed by atoms with Crippen LogP contribution in [0.25, 0.3) is 68.3 Å². The van der Waals surface area contributed by atoms with E-state index in [9.17, 15) is 10.2 Å². The Bertz CT molecular complexity index is 2210. The van der Waals surface area contributed by atoms with E-state index in [1.165, 1.54) is 12.1 Å². The van der Waals surface area contributed by atoms with Gasteiger partial charge < -0.3 is 19.7 Å². The maximum absolute atomic E-state index is 11.1. The van der Waals surface area contributed by atoms with E-state index in [0.29, 0.717) is 57.6 Å². The van der Waals surface area contributed by atoms with E-state index in [-0.39, 0.29) is 18.3 Å². The number of hydrogen-bond acceptors (Lipinski definition) is 10. The third kappa shape index (κ3) is 7.38. The van der Waals surface area contributed by atoms with E-state index >= 15 is 0 Å². The normalized spacial score (nSPS) is 10.9. The summed E-state index contributed by atoms with van der Waals surface area (Å²) in [5.41, 5.74) is 4.13. The molecule has 10 heteroatoms. The fraction of sp³-hybridized carbons (Fsp3) is 0.0233. The highest BCUT2D eigenvalue weighted by atomic mass is 16.7. The fourth-order valence-corrected chi connectivity index (χ4v) is 5.60. The van der Waals surface area contributed by atoms with Crippen LogP contribution in [0.4, 0.5) is 0 Å². The molecule has 0 unspecified atom stereocenters. The zero-order chi connectivity index (χ0) is 36.0. The molecule has 0 saturated heterocycles. The molecule has 0 fully saturated rings. The summed E-state index contributed by atoms with van der Waals surface area (Å²) in [5, 5.41) is 22.1. The topological polar surface area (TPSA) is 136 Å². The van der Waals surface area contributed by atoms with Crippen LogP contribution in [0.1, 0.15) is 0 Å². The number of nitrogens with zero attached hydrogens (tertiary/aromatic N) is 6. The Hall–Kier alpha value is -7.46. The zero-order valence-electron chi connectivity index (χ0n) is 28.1. The maximum atomic E-state index is 11.1. The minimum Gasteiger partial charge on any atom is -0.507 e. The van der Waals surface area contributed by atoms with E-state index < -0.39 is 0 Å². The molecule has 2 heterocycles. The van der Waals surface area contributed by atoms with Gasteiger partial charge in [0.2, 0.25) is 6.79 Å². The van der Waals surface area contributed by atoms with Gasteiger partial charge in [0.25, 0.3) is 0 Å². The lowest BCUT2D eigenvalue weighted by Gasteiger charge is -2.13. The lowest BCUT2D eigenvalue weighted by atomic mass is 10.1. The number of aromatic nitrogens is 6. The van der Waals surface area contributed by atoms with E-state index in [2.05, 4.69) is 19.9 Å². The average molecular weight is 695 g/mol. The van der Waals surface area contributed by atoms with Crippen LogP contribution in [0.2, 0.25) is 0 Å². The Balaban J connectivity index is 0.999. The molecule has 0 aliphatic heterocycles. The minimum absolute atomic E-state index is 0.0733. The van der Waals surface area contributed by atoms with Gasteiger partial charge in [-0.2, -0.15) is 0 Å². The molecule has 0 aliphatic carbocycles. The highest BCUT2D eigenvalue weighted by molar-refractivity contribution is 5.72. The number of rotatable bonds is 10. The van der Waals surface area contributed by atoms with Crippen molar-refractivity contribution in [3.05, 3.63) is 158 Å². The van der Waals surface area contributed by atoms with Gasteiger partial charge >= 0.3 is 0 Å². The van der Waals surface area contributed by atoms with E-state index in [0.717, 1.165) is 22.3 Å². The van der Waals surface area contributed by atoms with Gasteiger partial charge in [-0.05, 0) is 24.3 Å². The molecule has 0 atom stereocenters. The summed E-state index contributed by atoms with van der Waals surface area (Å²) in [5.74, 6) is 3.16. The number of ether oxygens (including phenoxy) is 2. The van der Waals surface area contributed by atoms with Crippen LogP contribution in [0.15, 0.2) is 158 Å². The predicted molar refractivity (Wildman–Crippen MR) is 202 cm³/mol. The van der Waals surface area contributed by atoms with Gasteiger partial charge in [-0.15, -0.1) is 0 Å². The molecular weight excluding hydrogens is 665 g/mol. The molecule has 53 heavy (non-hydrogen) atoms. The van der Waals surface area contributed by atoms with Crippen molar-refractivity contribution in [2.75, 3.05) is 6.79 Å². The van der Waals surface area contributed by atoms with Crippen LogP contribution in [0.5, 0.6) is 23.0 Å². The molecule has 8 rings (SSSR count). The Morgan fingerprint density at radius 3 is 0.906 bits per heavy atom. The predicted octanol–water partition coefficient (Wildman–Crippen LogP) is 8.89. The third-order valence-corrected chi connectivity index (χ3v) is 8.27. The van der Waals surface area contributed by atoms with Crippen LogP contribution >= 0.6 is 0 Å². The van der Waals surface area contributed by atoms with E-state index in [1.807, 2.05) is 121 Å². The van der Waals surface area contributed by atoms with Crippen LogP contribution in [0.3, 0.4) is 0 Å². The second kappa shape index (κ2) is 14.8. The minimum atomic E-state index is -0.193. The quantitative estimate of drug-likeness (QED) is 0.134. The Morgan fingerprint density at radius 2 is 0.623 bits per heavy atom. The SMILES string of the molecule is Oc1cc(OCOc2ccc(-c3nc(-c4ccccc4)nc(-c4ccccc4)n3)c(O)c2)ccc1-c1nc(-c2ccccc2)nc(-c2ccccc2)n1. The number of benzene rings is 6. The van der Waals surface area contributed by atoms with Crippen LogP contribution in [-0.2, 0) is 0 Å². The molecule has 0 saturated carbocycles. The van der Waals surface area contributed by atoms with Gasteiger partial charge in [0, 0.05) is 34.4 Å². The lowest BCUT2D eigenvalue weighted by molar-refractivity contribution is 0.119.